The first-order chi connectivity index (χ1) is 8.28. The van der Waals surface area contributed by atoms with E-state index in [-0.39, 0.29) is 12.0 Å². The molecular weight excluding hydrogens is 232 g/mol. The summed E-state index contributed by atoms with van der Waals surface area (Å²) in [7, 11) is 0. The molecule has 0 unspecified atom stereocenters. The van der Waals surface area contributed by atoms with Crippen molar-refractivity contribution >= 4 is 12.0 Å². The molecule has 5 heteroatoms. The number of hydrogen-bond acceptors (Lipinski definition) is 3. The van der Waals surface area contributed by atoms with Gasteiger partial charge in [0.1, 0.15) is 5.60 Å². The molecule has 0 spiro atoms. The fourth-order valence-corrected chi connectivity index (χ4v) is 1.93. The van der Waals surface area contributed by atoms with Crippen LogP contribution in [-0.2, 0) is 9.53 Å². The van der Waals surface area contributed by atoms with Gasteiger partial charge < -0.3 is 15.0 Å². The van der Waals surface area contributed by atoms with Gasteiger partial charge in [-0.05, 0) is 39.5 Å². The fourth-order valence-electron chi connectivity index (χ4n) is 1.93. The Morgan fingerprint density at radius 1 is 1.28 bits per heavy atom. The monoisotopic (exact) mass is 256 g/mol. The SMILES string of the molecule is CC(=O)NCC1CCN(C(=O)OC(C)(C)C)CC1. The summed E-state index contributed by atoms with van der Waals surface area (Å²) >= 11 is 0. The molecule has 1 aliphatic heterocycles. The molecular formula is C13H24N2O3. The molecule has 18 heavy (non-hydrogen) atoms. The summed E-state index contributed by atoms with van der Waals surface area (Å²) in [5.74, 6) is 0.470. The first-order valence-corrected chi connectivity index (χ1v) is 6.50. The topological polar surface area (TPSA) is 58.6 Å². The van der Waals surface area contributed by atoms with E-state index < -0.39 is 5.60 Å². The normalized spacial score (nSPS) is 17.4. The Labute approximate surface area is 109 Å². The summed E-state index contributed by atoms with van der Waals surface area (Å²) < 4.78 is 5.33. The maximum Gasteiger partial charge on any atom is 0.410 e. The zero-order valence-corrected chi connectivity index (χ0v) is 11.8. The zero-order valence-electron chi connectivity index (χ0n) is 11.8. The van der Waals surface area contributed by atoms with Gasteiger partial charge in [0.2, 0.25) is 5.91 Å². The Balaban J connectivity index is 2.30. The number of likely N-dealkylation sites (tertiary alicyclic amines) is 1. The van der Waals surface area contributed by atoms with Crippen LogP contribution in [0.3, 0.4) is 0 Å². The summed E-state index contributed by atoms with van der Waals surface area (Å²) in [6.45, 7) is 9.25. The Hall–Kier alpha value is -1.26. The molecule has 1 heterocycles. The van der Waals surface area contributed by atoms with E-state index in [9.17, 15) is 9.59 Å². The molecule has 2 amide bonds. The molecule has 0 saturated carbocycles. The van der Waals surface area contributed by atoms with Crippen LogP contribution in [0.5, 0.6) is 0 Å². The van der Waals surface area contributed by atoms with Crippen LogP contribution in [0.4, 0.5) is 4.79 Å². The van der Waals surface area contributed by atoms with Crippen molar-refractivity contribution in [2.24, 2.45) is 5.92 Å². The van der Waals surface area contributed by atoms with Crippen molar-refractivity contribution in [3.05, 3.63) is 0 Å². The summed E-state index contributed by atoms with van der Waals surface area (Å²) in [4.78, 5) is 24.4. The Morgan fingerprint density at radius 3 is 2.28 bits per heavy atom. The van der Waals surface area contributed by atoms with Gasteiger partial charge in [0.15, 0.2) is 0 Å². The quantitative estimate of drug-likeness (QED) is 0.819. The average Bonchev–Trinajstić information content (AvgIpc) is 2.24. The number of ether oxygens (including phenoxy) is 1. The van der Waals surface area contributed by atoms with Crippen LogP contribution in [0.2, 0.25) is 0 Å². The van der Waals surface area contributed by atoms with E-state index in [1.54, 1.807) is 4.90 Å². The predicted octanol–water partition coefficient (Wildman–Crippen LogP) is 1.77. The molecule has 1 rings (SSSR count). The molecule has 0 atom stereocenters. The van der Waals surface area contributed by atoms with Crippen LogP contribution < -0.4 is 5.32 Å². The van der Waals surface area contributed by atoms with Crippen LogP contribution >= 0.6 is 0 Å². The second-order valence-electron chi connectivity index (χ2n) is 5.85. The molecule has 1 saturated heterocycles. The largest absolute Gasteiger partial charge is 0.444 e. The lowest BCUT2D eigenvalue weighted by Crippen LogP contribution is -2.43. The van der Waals surface area contributed by atoms with Crippen molar-refractivity contribution in [2.75, 3.05) is 19.6 Å². The number of piperidine rings is 1. The van der Waals surface area contributed by atoms with Crippen molar-refractivity contribution in [1.82, 2.24) is 10.2 Å². The number of carbonyl (C=O) groups is 2. The summed E-state index contributed by atoms with van der Waals surface area (Å²) in [6, 6.07) is 0. The highest BCUT2D eigenvalue weighted by Gasteiger charge is 2.26. The van der Waals surface area contributed by atoms with E-state index >= 15 is 0 Å². The van der Waals surface area contributed by atoms with Crippen molar-refractivity contribution in [1.29, 1.82) is 0 Å². The number of nitrogens with one attached hydrogen (secondary N) is 1. The number of hydrogen-bond donors (Lipinski definition) is 1. The van der Waals surface area contributed by atoms with Gasteiger partial charge in [0, 0.05) is 26.6 Å². The van der Waals surface area contributed by atoms with Gasteiger partial charge in [0.25, 0.3) is 0 Å². The van der Waals surface area contributed by atoms with Gasteiger partial charge >= 0.3 is 6.09 Å². The summed E-state index contributed by atoms with van der Waals surface area (Å²) in [5, 5.41) is 2.82. The Bertz CT molecular complexity index is 302. The van der Waals surface area contributed by atoms with E-state index in [0.29, 0.717) is 25.6 Å². The lowest BCUT2D eigenvalue weighted by molar-refractivity contribution is -0.119. The number of amides is 2. The highest BCUT2D eigenvalue weighted by atomic mass is 16.6. The van der Waals surface area contributed by atoms with Gasteiger partial charge in [-0.15, -0.1) is 0 Å². The fraction of sp³-hybridized carbons (Fsp3) is 0.846. The van der Waals surface area contributed by atoms with E-state index in [1.807, 2.05) is 20.8 Å². The molecule has 1 fully saturated rings. The van der Waals surface area contributed by atoms with Crippen molar-refractivity contribution in [2.45, 2.75) is 46.1 Å². The van der Waals surface area contributed by atoms with Crippen LogP contribution in [-0.4, -0.2) is 42.1 Å². The van der Waals surface area contributed by atoms with Gasteiger partial charge in [-0.2, -0.15) is 0 Å². The van der Waals surface area contributed by atoms with Crippen LogP contribution in [0, 0.1) is 5.92 Å². The van der Waals surface area contributed by atoms with E-state index in [0.717, 1.165) is 12.8 Å². The number of carbonyl (C=O) groups excluding carboxylic acids is 2. The molecule has 0 aromatic rings. The highest BCUT2D eigenvalue weighted by Crippen LogP contribution is 2.19. The third-order valence-electron chi connectivity index (χ3n) is 2.91. The van der Waals surface area contributed by atoms with Crippen LogP contribution in [0.25, 0.3) is 0 Å². The maximum atomic E-state index is 11.8. The van der Waals surface area contributed by atoms with E-state index in [1.165, 1.54) is 6.92 Å². The maximum absolute atomic E-state index is 11.8. The summed E-state index contributed by atoms with van der Waals surface area (Å²) in [5.41, 5.74) is -0.440. The van der Waals surface area contributed by atoms with Crippen molar-refractivity contribution in [3.63, 3.8) is 0 Å². The van der Waals surface area contributed by atoms with Gasteiger partial charge in [-0.3, -0.25) is 4.79 Å². The molecule has 0 bridgehead atoms. The molecule has 1 N–H and O–H groups in total. The molecule has 0 aromatic heterocycles. The number of nitrogens with zero attached hydrogens (tertiary/aromatic N) is 1. The molecule has 5 nitrogen and oxygen atoms in total. The Kier molecular flexibility index (Phi) is 4.99. The van der Waals surface area contributed by atoms with Crippen molar-refractivity contribution < 1.29 is 14.3 Å². The van der Waals surface area contributed by atoms with Crippen molar-refractivity contribution in [3.8, 4) is 0 Å². The van der Waals surface area contributed by atoms with Crippen LogP contribution in [0.1, 0.15) is 40.5 Å². The second kappa shape index (κ2) is 6.07. The first-order valence-electron chi connectivity index (χ1n) is 6.50. The molecule has 0 radical (unpaired) electrons. The average molecular weight is 256 g/mol. The second-order valence-corrected chi connectivity index (χ2v) is 5.85. The minimum atomic E-state index is -0.440. The van der Waals surface area contributed by atoms with Gasteiger partial charge in [0.05, 0.1) is 0 Å². The predicted molar refractivity (Wildman–Crippen MR) is 69.2 cm³/mol. The smallest absolute Gasteiger partial charge is 0.410 e. The minimum absolute atomic E-state index is 0.00423. The third-order valence-corrected chi connectivity index (χ3v) is 2.91. The molecule has 1 aliphatic rings. The van der Waals surface area contributed by atoms with E-state index in [4.69, 9.17) is 4.74 Å². The summed E-state index contributed by atoms with van der Waals surface area (Å²) in [6.07, 6.45) is 1.60. The minimum Gasteiger partial charge on any atom is -0.444 e. The third kappa shape index (κ3) is 5.38. The standard InChI is InChI=1S/C13H24N2O3/c1-10(16)14-9-11-5-7-15(8-6-11)12(17)18-13(2,3)4/h11H,5-9H2,1-4H3,(H,14,16). The number of rotatable bonds is 2. The molecule has 0 aromatic carbocycles. The molecule has 104 valence electrons. The lowest BCUT2D eigenvalue weighted by atomic mass is 9.97. The zero-order chi connectivity index (χ0) is 13.8. The van der Waals surface area contributed by atoms with E-state index in [2.05, 4.69) is 5.32 Å². The Morgan fingerprint density at radius 2 is 1.83 bits per heavy atom. The molecule has 0 aliphatic carbocycles. The van der Waals surface area contributed by atoms with Gasteiger partial charge in [-0.25, -0.2) is 4.79 Å². The lowest BCUT2D eigenvalue weighted by Gasteiger charge is -2.33. The first kappa shape index (κ1) is 14.8. The highest BCUT2D eigenvalue weighted by molar-refractivity contribution is 5.72. The van der Waals surface area contributed by atoms with Gasteiger partial charge in [-0.1, -0.05) is 0 Å². The van der Waals surface area contributed by atoms with Crippen LogP contribution in [0.15, 0.2) is 0 Å².